The van der Waals surface area contributed by atoms with Crippen LogP contribution in [-0.4, -0.2) is 33.5 Å². The summed E-state index contributed by atoms with van der Waals surface area (Å²) in [5.41, 5.74) is 3.49. The fraction of sp³-hybridized carbons (Fsp3) is 0.316. The van der Waals surface area contributed by atoms with Crippen LogP contribution in [0, 0.1) is 6.92 Å². The fourth-order valence-corrected chi connectivity index (χ4v) is 4.14. The van der Waals surface area contributed by atoms with Crippen molar-refractivity contribution in [3.63, 3.8) is 0 Å². The molecule has 128 valence electrons. The summed E-state index contributed by atoms with van der Waals surface area (Å²) in [7, 11) is 1.70. The Morgan fingerprint density at radius 1 is 1.20 bits per heavy atom. The van der Waals surface area contributed by atoms with Gasteiger partial charge in [0.15, 0.2) is 0 Å². The molecular weight excluding hydrogens is 332 g/mol. The molecule has 3 aromatic rings. The zero-order chi connectivity index (χ0) is 17.2. The van der Waals surface area contributed by atoms with Crippen molar-refractivity contribution in [2.45, 2.75) is 26.4 Å². The zero-order valence-electron chi connectivity index (χ0n) is 14.4. The number of methoxy groups -OCH3 is 1. The topological polar surface area (TPSA) is 51.1 Å². The van der Waals surface area contributed by atoms with Crippen LogP contribution in [0.3, 0.4) is 0 Å². The van der Waals surface area contributed by atoms with Crippen LogP contribution in [0.25, 0.3) is 10.6 Å². The molecule has 0 aliphatic carbocycles. The number of aromatic nitrogens is 3. The van der Waals surface area contributed by atoms with Crippen LogP contribution < -0.4 is 4.74 Å². The molecule has 0 atom stereocenters. The minimum Gasteiger partial charge on any atom is -0.496 e. The first-order valence-electron chi connectivity index (χ1n) is 8.35. The number of aryl methyl sites for hydroxylation is 1. The number of fused-ring (bicyclic) bond motifs is 1. The highest BCUT2D eigenvalue weighted by atomic mass is 32.1. The van der Waals surface area contributed by atoms with E-state index in [4.69, 9.17) is 4.74 Å². The Bertz CT molecular complexity index is 893. The standard InChI is InChI=1S/C19H20N4OS/c1-13-20-9-14-11-23(8-7-17(14)22-13)12-15-10-21-19(25-15)16-5-3-4-6-18(16)24-2/h3-6,9-10H,7-8,11-12H2,1-2H3. The van der Waals surface area contributed by atoms with Crippen LogP contribution in [0.1, 0.15) is 22.0 Å². The minimum atomic E-state index is 0.858. The molecule has 0 bridgehead atoms. The molecule has 6 heteroatoms. The van der Waals surface area contributed by atoms with Gasteiger partial charge in [0.25, 0.3) is 0 Å². The normalized spacial score (nSPS) is 14.3. The van der Waals surface area contributed by atoms with E-state index in [0.29, 0.717) is 0 Å². The van der Waals surface area contributed by atoms with Gasteiger partial charge in [0.1, 0.15) is 16.6 Å². The Morgan fingerprint density at radius 2 is 2.08 bits per heavy atom. The molecule has 0 saturated heterocycles. The van der Waals surface area contributed by atoms with Gasteiger partial charge in [0, 0.05) is 54.6 Å². The van der Waals surface area contributed by atoms with E-state index in [9.17, 15) is 0 Å². The van der Waals surface area contributed by atoms with Gasteiger partial charge < -0.3 is 4.74 Å². The summed E-state index contributed by atoms with van der Waals surface area (Å²) in [6.07, 6.45) is 4.93. The molecule has 5 nitrogen and oxygen atoms in total. The molecule has 3 heterocycles. The van der Waals surface area contributed by atoms with Crippen molar-refractivity contribution in [2.24, 2.45) is 0 Å². The quantitative estimate of drug-likeness (QED) is 0.719. The van der Waals surface area contributed by atoms with E-state index >= 15 is 0 Å². The summed E-state index contributed by atoms with van der Waals surface area (Å²) in [5, 5.41) is 1.00. The maximum Gasteiger partial charge on any atom is 0.129 e. The predicted octanol–water partition coefficient (Wildman–Crippen LogP) is 3.48. The molecule has 0 N–H and O–H groups in total. The molecule has 25 heavy (non-hydrogen) atoms. The van der Waals surface area contributed by atoms with Crippen molar-refractivity contribution in [2.75, 3.05) is 13.7 Å². The molecule has 0 amide bonds. The van der Waals surface area contributed by atoms with Gasteiger partial charge in [0.2, 0.25) is 0 Å². The van der Waals surface area contributed by atoms with E-state index < -0.39 is 0 Å². The number of rotatable bonds is 4. The van der Waals surface area contributed by atoms with Crippen LogP contribution in [0.15, 0.2) is 36.7 Å². The smallest absolute Gasteiger partial charge is 0.129 e. The molecule has 0 saturated carbocycles. The lowest BCUT2D eigenvalue weighted by atomic mass is 10.1. The van der Waals surface area contributed by atoms with E-state index in [1.807, 2.05) is 37.5 Å². The number of para-hydroxylation sites is 1. The lowest BCUT2D eigenvalue weighted by molar-refractivity contribution is 0.244. The highest BCUT2D eigenvalue weighted by Crippen LogP contribution is 2.33. The molecule has 1 aliphatic heterocycles. The van der Waals surface area contributed by atoms with Gasteiger partial charge in [-0.25, -0.2) is 15.0 Å². The molecule has 4 rings (SSSR count). The van der Waals surface area contributed by atoms with Crippen molar-refractivity contribution in [1.29, 1.82) is 0 Å². The molecule has 2 aromatic heterocycles. The maximum atomic E-state index is 5.45. The van der Waals surface area contributed by atoms with Crippen molar-refractivity contribution >= 4 is 11.3 Å². The second-order valence-electron chi connectivity index (χ2n) is 6.18. The molecule has 0 spiro atoms. The first-order chi connectivity index (χ1) is 12.2. The maximum absolute atomic E-state index is 5.45. The third kappa shape index (κ3) is 3.41. The second-order valence-corrected chi connectivity index (χ2v) is 7.30. The van der Waals surface area contributed by atoms with Crippen LogP contribution in [-0.2, 0) is 19.5 Å². The number of nitrogens with zero attached hydrogens (tertiary/aromatic N) is 4. The summed E-state index contributed by atoms with van der Waals surface area (Å²) in [4.78, 5) is 17.2. The lowest BCUT2D eigenvalue weighted by Gasteiger charge is -2.27. The third-order valence-electron chi connectivity index (χ3n) is 4.40. The van der Waals surface area contributed by atoms with Gasteiger partial charge in [-0.1, -0.05) is 12.1 Å². The van der Waals surface area contributed by atoms with Gasteiger partial charge in [-0.2, -0.15) is 0 Å². The first kappa shape index (κ1) is 16.2. The van der Waals surface area contributed by atoms with Crippen molar-refractivity contribution in [3.05, 3.63) is 58.6 Å². The first-order valence-corrected chi connectivity index (χ1v) is 9.16. The second kappa shape index (κ2) is 6.90. The number of ether oxygens (including phenoxy) is 1. The van der Waals surface area contributed by atoms with Crippen LogP contribution >= 0.6 is 11.3 Å². The number of hydrogen-bond acceptors (Lipinski definition) is 6. The van der Waals surface area contributed by atoms with Crippen LogP contribution in [0.4, 0.5) is 0 Å². The lowest BCUT2D eigenvalue weighted by Crippen LogP contribution is -2.30. The minimum absolute atomic E-state index is 0.858. The van der Waals surface area contributed by atoms with Gasteiger partial charge in [-0.3, -0.25) is 4.90 Å². The summed E-state index contributed by atoms with van der Waals surface area (Å²) >= 11 is 1.73. The van der Waals surface area contributed by atoms with E-state index in [2.05, 4.69) is 25.9 Å². The average molecular weight is 352 g/mol. The van der Waals surface area contributed by atoms with Crippen LogP contribution in [0.5, 0.6) is 5.75 Å². The van der Waals surface area contributed by atoms with E-state index in [-0.39, 0.29) is 0 Å². The molecule has 1 aliphatic rings. The van der Waals surface area contributed by atoms with Crippen molar-refractivity contribution in [1.82, 2.24) is 19.9 Å². The monoisotopic (exact) mass is 352 g/mol. The van der Waals surface area contributed by atoms with Gasteiger partial charge >= 0.3 is 0 Å². The van der Waals surface area contributed by atoms with Gasteiger partial charge in [-0.15, -0.1) is 11.3 Å². The summed E-state index contributed by atoms with van der Waals surface area (Å²) in [6, 6.07) is 8.02. The van der Waals surface area contributed by atoms with Gasteiger partial charge in [-0.05, 0) is 19.1 Å². The highest BCUT2D eigenvalue weighted by Gasteiger charge is 2.19. The number of benzene rings is 1. The fourth-order valence-electron chi connectivity index (χ4n) is 3.16. The SMILES string of the molecule is COc1ccccc1-c1ncc(CN2CCc3nc(C)ncc3C2)s1. The summed E-state index contributed by atoms with van der Waals surface area (Å²) < 4.78 is 5.45. The molecule has 1 aromatic carbocycles. The Morgan fingerprint density at radius 3 is 2.96 bits per heavy atom. The Labute approximate surface area is 151 Å². The Balaban J connectivity index is 1.49. The van der Waals surface area contributed by atoms with Crippen molar-refractivity contribution < 1.29 is 4.74 Å². The molecule has 0 radical (unpaired) electrons. The van der Waals surface area contributed by atoms with E-state index in [1.54, 1.807) is 18.4 Å². The number of thiazole rings is 1. The Kier molecular flexibility index (Phi) is 4.46. The van der Waals surface area contributed by atoms with E-state index in [1.165, 1.54) is 16.1 Å². The van der Waals surface area contributed by atoms with Crippen LogP contribution in [0.2, 0.25) is 0 Å². The molecule has 0 fully saturated rings. The average Bonchev–Trinajstić information content (AvgIpc) is 3.10. The third-order valence-corrected chi connectivity index (χ3v) is 5.42. The zero-order valence-corrected chi connectivity index (χ0v) is 15.2. The molecule has 0 unspecified atom stereocenters. The number of hydrogen-bond donors (Lipinski definition) is 0. The highest BCUT2D eigenvalue weighted by molar-refractivity contribution is 7.15. The largest absolute Gasteiger partial charge is 0.496 e. The predicted molar refractivity (Wildman–Crippen MR) is 98.7 cm³/mol. The van der Waals surface area contributed by atoms with Gasteiger partial charge in [0.05, 0.1) is 12.7 Å². The summed E-state index contributed by atoms with van der Waals surface area (Å²) in [5.74, 6) is 1.72. The molecular formula is C19H20N4OS. The summed E-state index contributed by atoms with van der Waals surface area (Å²) in [6.45, 7) is 4.77. The van der Waals surface area contributed by atoms with E-state index in [0.717, 1.165) is 48.2 Å². The van der Waals surface area contributed by atoms with Crippen molar-refractivity contribution in [3.8, 4) is 16.3 Å². The Hall–Kier alpha value is -2.31.